The third-order valence-electron chi connectivity index (χ3n) is 5.27. The number of aryl methyl sites for hydroxylation is 1. The maximum atomic E-state index is 13.3. The van der Waals surface area contributed by atoms with Gasteiger partial charge in [0.05, 0.1) is 12.0 Å². The van der Waals surface area contributed by atoms with Gasteiger partial charge in [-0.1, -0.05) is 37.5 Å². The van der Waals surface area contributed by atoms with Gasteiger partial charge in [0.2, 0.25) is 0 Å². The molecule has 1 aliphatic carbocycles. The van der Waals surface area contributed by atoms with Gasteiger partial charge in [-0.05, 0) is 67.4 Å². The fraction of sp³-hybridized carbons (Fsp3) is 0.348. The Morgan fingerprint density at radius 2 is 1.90 bits per heavy atom. The molecule has 5 nitrogen and oxygen atoms in total. The van der Waals surface area contributed by atoms with Crippen LogP contribution >= 0.6 is 11.8 Å². The molecule has 0 atom stereocenters. The summed E-state index contributed by atoms with van der Waals surface area (Å²) in [5, 5.41) is 0.736. The normalized spacial score (nSPS) is 20.6. The second-order valence-electron chi connectivity index (χ2n) is 7.38. The van der Waals surface area contributed by atoms with Crippen LogP contribution in [-0.4, -0.2) is 34.1 Å². The second-order valence-corrected chi connectivity index (χ2v) is 8.39. The van der Waals surface area contributed by atoms with Crippen molar-refractivity contribution in [1.82, 2.24) is 9.88 Å². The lowest BCUT2D eigenvalue weighted by atomic mass is 9.94. The van der Waals surface area contributed by atoms with E-state index in [2.05, 4.69) is 4.98 Å². The third-order valence-corrected chi connectivity index (χ3v) is 6.26. The number of aliphatic imine (C=N–C) groups is 1. The van der Waals surface area contributed by atoms with Gasteiger partial charge < -0.3 is 4.74 Å². The highest BCUT2D eigenvalue weighted by molar-refractivity contribution is 8.18. The summed E-state index contributed by atoms with van der Waals surface area (Å²) in [4.78, 5) is 25.2. The number of hydrogen-bond acceptors (Lipinski definition) is 5. The molecule has 6 heteroatoms. The first-order chi connectivity index (χ1) is 14.1. The summed E-state index contributed by atoms with van der Waals surface area (Å²) in [5.41, 5.74) is 1.89. The number of ether oxygens (including phenoxy) is 1. The van der Waals surface area contributed by atoms with E-state index in [0.29, 0.717) is 10.7 Å². The number of thioether (sulfide) groups is 1. The van der Waals surface area contributed by atoms with Crippen LogP contribution in [0.15, 0.2) is 52.4 Å². The van der Waals surface area contributed by atoms with Gasteiger partial charge in [0.15, 0.2) is 11.0 Å². The van der Waals surface area contributed by atoms with Crippen molar-refractivity contribution in [1.29, 1.82) is 0 Å². The fourth-order valence-corrected chi connectivity index (χ4v) is 4.81. The van der Waals surface area contributed by atoms with E-state index in [1.807, 2.05) is 60.4 Å². The molecule has 1 aromatic heterocycles. The molecule has 0 unspecified atom stereocenters. The molecule has 150 valence electrons. The summed E-state index contributed by atoms with van der Waals surface area (Å²) in [7, 11) is 1.65. The number of carbonyl (C=O) groups is 1. The molecule has 4 rings (SSSR count). The number of rotatable bonds is 4. The largest absolute Gasteiger partial charge is 0.497 e. The minimum absolute atomic E-state index is 0.0455. The summed E-state index contributed by atoms with van der Waals surface area (Å²) >= 11 is 1.44. The predicted octanol–water partition coefficient (Wildman–Crippen LogP) is 5.34. The van der Waals surface area contributed by atoms with Crippen LogP contribution in [0, 0.1) is 6.92 Å². The molecule has 2 aliphatic rings. The molecule has 1 amide bonds. The Kier molecular flexibility index (Phi) is 6.00. The number of amides is 1. The highest BCUT2D eigenvalue weighted by Crippen LogP contribution is 2.38. The van der Waals surface area contributed by atoms with Crippen LogP contribution in [0.1, 0.15) is 43.4 Å². The zero-order valence-corrected chi connectivity index (χ0v) is 17.6. The lowest BCUT2D eigenvalue weighted by Gasteiger charge is -2.30. The van der Waals surface area contributed by atoms with Crippen LogP contribution in [0.4, 0.5) is 5.82 Å². The third kappa shape index (κ3) is 4.53. The molecule has 2 fully saturated rings. The van der Waals surface area contributed by atoms with Crippen LogP contribution in [0.5, 0.6) is 5.75 Å². The zero-order valence-electron chi connectivity index (χ0n) is 16.8. The second kappa shape index (κ2) is 8.82. The Labute approximate surface area is 175 Å². The number of amidine groups is 1. The number of hydrogen-bond donors (Lipinski definition) is 0. The Balaban J connectivity index is 1.68. The van der Waals surface area contributed by atoms with E-state index >= 15 is 0 Å². The summed E-state index contributed by atoms with van der Waals surface area (Å²) in [6.07, 6.45) is 7.56. The van der Waals surface area contributed by atoms with Crippen molar-refractivity contribution < 1.29 is 9.53 Å². The molecule has 0 radical (unpaired) electrons. The van der Waals surface area contributed by atoms with Gasteiger partial charge in [-0.3, -0.25) is 9.69 Å². The summed E-state index contributed by atoms with van der Waals surface area (Å²) < 4.78 is 5.22. The standard InChI is InChI=1S/C23H25N3O2S/c1-16-7-6-10-21(24-16)25-23-26(18-8-4-3-5-9-18)22(27)20(29-23)15-17-11-13-19(28-2)14-12-17/h6-7,10-15,18H,3-5,8-9H2,1-2H3/b20-15-,25-23+. The number of pyridine rings is 1. The first-order valence-electron chi connectivity index (χ1n) is 10.0. The van der Waals surface area contributed by atoms with Crippen LogP contribution in [0.2, 0.25) is 0 Å². The van der Waals surface area contributed by atoms with E-state index < -0.39 is 0 Å². The highest BCUT2D eigenvalue weighted by Gasteiger charge is 2.38. The number of methoxy groups -OCH3 is 1. The fourth-order valence-electron chi connectivity index (χ4n) is 3.77. The molecule has 1 saturated heterocycles. The molecule has 29 heavy (non-hydrogen) atoms. The molecule has 2 aromatic rings. The van der Waals surface area contributed by atoms with E-state index in [0.717, 1.165) is 47.9 Å². The Hall–Kier alpha value is -2.60. The van der Waals surface area contributed by atoms with Crippen LogP contribution in [0.3, 0.4) is 0 Å². The van der Waals surface area contributed by atoms with Gasteiger partial charge in [0.25, 0.3) is 5.91 Å². The predicted molar refractivity (Wildman–Crippen MR) is 118 cm³/mol. The van der Waals surface area contributed by atoms with Gasteiger partial charge in [0.1, 0.15) is 5.75 Å². The van der Waals surface area contributed by atoms with Gasteiger partial charge in [-0.15, -0.1) is 0 Å². The van der Waals surface area contributed by atoms with E-state index in [9.17, 15) is 4.79 Å². The van der Waals surface area contributed by atoms with Gasteiger partial charge >= 0.3 is 0 Å². The van der Waals surface area contributed by atoms with Crippen LogP contribution in [0.25, 0.3) is 6.08 Å². The molecule has 1 aliphatic heterocycles. The Morgan fingerprint density at radius 1 is 1.14 bits per heavy atom. The van der Waals surface area contributed by atoms with Crippen molar-refractivity contribution in [2.24, 2.45) is 4.99 Å². The van der Waals surface area contributed by atoms with Crippen molar-refractivity contribution in [3.63, 3.8) is 0 Å². The smallest absolute Gasteiger partial charge is 0.267 e. The van der Waals surface area contributed by atoms with Gasteiger partial charge in [-0.2, -0.15) is 0 Å². The maximum Gasteiger partial charge on any atom is 0.267 e. The van der Waals surface area contributed by atoms with E-state index in [1.165, 1.54) is 18.2 Å². The lowest BCUT2D eigenvalue weighted by molar-refractivity contribution is -0.124. The molecule has 2 heterocycles. The molecule has 1 aromatic carbocycles. The van der Waals surface area contributed by atoms with Crippen molar-refractivity contribution in [2.75, 3.05) is 7.11 Å². The van der Waals surface area contributed by atoms with Gasteiger partial charge in [0, 0.05) is 11.7 Å². The summed E-state index contributed by atoms with van der Waals surface area (Å²) in [6, 6.07) is 13.7. The van der Waals surface area contributed by atoms with E-state index in [4.69, 9.17) is 9.73 Å². The SMILES string of the molecule is COc1ccc(/C=C2\S/C(=N/c3cccc(C)n3)N(C3CCCCC3)C2=O)cc1. The van der Waals surface area contributed by atoms with E-state index in [-0.39, 0.29) is 11.9 Å². The molecule has 0 bridgehead atoms. The van der Waals surface area contributed by atoms with Crippen molar-refractivity contribution in [2.45, 2.75) is 45.1 Å². The first kappa shape index (κ1) is 19.7. The first-order valence-corrected chi connectivity index (χ1v) is 10.9. The quantitative estimate of drug-likeness (QED) is 0.643. The number of nitrogens with zero attached hydrogens (tertiary/aromatic N) is 3. The summed E-state index contributed by atoms with van der Waals surface area (Å²) in [5.74, 6) is 1.49. The van der Waals surface area contributed by atoms with Crippen molar-refractivity contribution >= 4 is 34.7 Å². The highest BCUT2D eigenvalue weighted by atomic mass is 32.2. The molecular weight excluding hydrogens is 382 g/mol. The minimum atomic E-state index is 0.0455. The molecule has 0 spiro atoms. The maximum absolute atomic E-state index is 13.3. The summed E-state index contributed by atoms with van der Waals surface area (Å²) in [6.45, 7) is 1.95. The molecule has 0 N–H and O–H groups in total. The monoisotopic (exact) mass is 407 g/mol. The zero-order chi connectivity index (χ0) is 20.2. The lowest BCUT2D eigenvalue weighted by Crippen LogP contribution is -2.40. The van der Waals surface area contributed by atoms with Crippen LogP contribution < -0.4 is 4.74 Å². The number of carbonyl (C=O) groups excluding carboxylic acids is 1. The minimum Gasteiger partial charge on any atom is -0.497 e. The Morgan fingerprint density at radius 3 is 2.59 bits per heavy atom. The van der Waals surface area contributed by atoms with E-state index in [1.54, 1.807) is 7.11 Å². The molecule has 1 saturated carbocycles. The average molecular weight is 408 g/mol. The van der Waals surface area contributed by atoms with Gasteiger partial charge in [-0.25, -0.2) is 9.98 Å². The van der Waals surface area contributed by atoms with Crippen LogP contribution in [-0.2, 0) is 4.79 Å². The topological polar surface area (TPSA) is 54.8 Å². The molecular formula is C23H25N3O2S. The average Bonchev–Trinajstić information content (AvgIpc) is 3.04. The van der Waals surface area contributed by atoms with Crippen molar-refractivity contribution in [3.05, 3.63) is 58.6 Å². The number of benzene rings is 1. The number of aromatic nitrogens is 1. The van der Waals surface area contributed by atoms with Crippen molar-refractivity contribution in [3.8, 4) is 5.75 Å². The Bertz CT molecular complexity index is 947.